The lowest BCUT2D eigenvalue weighted by Gasteiger charge is -2.20. The molecule has 0 spiro atoms. The van der Waals surface area contributed by atoms with Gasteiger partial charge in [0.2, 0.25) is 10.0 Å². The molecule has 2 N–H and O–H groups in total. The minimum atomic E-state index is -3.82. The summed E-state index contributed by atoms with van der Waals surface area (Å²) in [4.78, 5) is 11.3. The number of ether oxygens (including phenoxy) is 1. The Labute approximate surface area is 123 Å². The van der Waals surface area contributed by atoms with Crippen LogP contribution in [-0.4, -0.2) is 38.9 Å². The molecule has 1 rings (SSSR count). The Morgan fingerprint density at radius 1 is 1.45 bits per heavy atom. The quantitative estimate of drug-likeness (QED) is 0.654. The molecular formula is C12H17ClN2O4S. The molecule has 1 aromatic carbocycles. The Morgan fingerprint density at radius 3 is 2.50 bits per heavy atom. The molecule has 0 heterocycles. The second-order valence-electron chi connectivity index (χ2n) is 4.15. The van der Waals surface area contributed by atoms with Crippen LogP contribution in [0, 0.1) is 6.92 Å². The highest BCUT2D eigenvalue weighted by molar-refractivity contribution is 7.89. The largest absolute Gasteiger partial charge is 0.468 e. The van der Waals surface area contributed by atoms with Crippen LogP contribution in [0.5, 0.6) is 0 Å². The van der Waals surface area contributed by atoms with Crippen molar-refractivity contribution >= 4 is 33.3 Å². The van der Waals surface area contributed by atoms with E-state index in [1.807, 2.05) is 0 Å². The van der Waals surface area contributed by atoms with Gasteiger partial charge in [0.1, 0.15) is 6.54 Å². The van der Waals surface area contributed by atoms with E-state index in [0.717, 1.165) is 4.31 Å². The highest BCUT2D eigenvalue weighted by Crippen LogP contribution is 2.28. The van der Waals surface area contributed by atoms with Crippen molar-refractivity contribution in [2.45, 2.75) is 18.7 Å². The number of carbonyl (C=O) groups is 1. The van der Waals surface area contributed by atoms with E-state index in [1.165, 1.54) is 19.2 Å². The highest BCUT2D eigenvalue weighted by atomic mass is 35.5. The van der Waals surface area contributed by atoms with Crippen LogP contribution in [0.15, 0.2) is 17.0 Å². The van der Waals surface area contributed by atoms with Crippen molar-refractivity contribution in [3.63, 3.8) is 0 Å². The molecule has 0 atom stereocenters. The van der Waals surface area contributed by atoms with Crippen molar-refractivity contribution in [1.82, 2.24) is 4.31 Å². The van der Waals surface area contributed by atoms with E-state index in [-0.39, 0.29) is 23.7 Å². The predicted molar refractivity (Wildman–Crippen MR) is 77.1 cm³/mol. The monoisotopic (exact) mass is 320 g/mol. The number of esters is 1. The number of nitrogens with zero attached hydrogens (tertiary/aromatic N) is 1. The van der Waals surface area contributed by atoms with Crippen LogP contribution < -0.4 is 5.73 Å². The third-order valence-electron chi connectivity index (χ3n) is 2.78. The lowest BCUT2D eigenvalue weighted by atomic mass is 10.2. The van der Waals surface area contributed by atoms with Gasteiger partial charge in [0, 0.05) is 6.54 Å². The molecule has 0 aromatic heterocycles. The fraction of sp³-hybridized carbons (Fsp3) is 0.417. The standard InChI is InChI=1S/C12H17ClN2O4S/c1-4-15(7-11(16)19-3)20(17,18)9-5-8(2)12(13)10(14)6-9/h5-6H,4,7,14H2,1-3H3. The van der Waals surface area contributed by atoms with E-state index in [1.54, 1.807) is 13.8 Å². The Hall–Kier alpha value is -1.31. The first-order valence-electron chi connectivity index (χ1n) is 5.86. The number of halogens is 1. The zero-order valence-corrected chi connectivity index (χ0v) is 13.1. The normalized spacial score (nSPS) is 11.7. The molecule has 0 saturated carbocycles. The second-order valence-corrected chi connectivity index (χ2v) is 6.47. The topological polar surface area (TPSA) is 89.7 Å². The number of aryl methyl sites for hydroxylation is 1. The van der Waals surface area contributed by atoms with Gasteiger partial charge in [-0.1, -0.05) is 18.5 Å². The van der Waals surface area contributed by atoms with Crippen molar-refractivity contribution in [3.05, 3.63) is 22.7 Å². The number of sulfonamides is 1. The number of hydrogen-bond acceptors (Lipinski definition) is 5. The van der Waals surface area contributed by atoms with Crippen LogP contribution in [0.25, 0.3) is 0 Å². The van der Waals surface area contributed by atoms with Crippen LogP contribution in [0.2, 0.25) is 5.02 Å². The highest BCUT2D eigenvalue weighted by Gasteiger charge is 2.26. The van der Waals surface area contributed by atoms with E-state index in [2.05, 4.69) is 4.74 Å². The number of hydrogen-bond donors (Lipinski definition) is 1. The van der Waals surface area contributed by atoms with Gasteiger partial charge < -0.3 is 10.5 Å². The number of anilines is 1. The van der Waals surface area contributed by atoms with Crippen LogP contribution in [0.1, 0.15) is 12.5 Å². The minimum Gasteiger partial charge on any atom is -0.468 e. The number of nitrogen functional groups attached to an aromatic ring is 1. The maximum atomic E-state index is 12.5. The first kappa shape index (κ1) is 16.7. The SMILES string of the molecule is CCN(CC(=O)OC)S(=O)(=O)c1cc(C)c(Cl)c(N)c1. The van der Waals surface area contributed by atoms with E-state index in [9.17, 15) is 13.2 Å². The summed E-state index contributed by atoms with van der Waals surface area (Å²) in [5.41, 5.74) is 6.42. The Kier molecular flexibility index (Phi) is 5.38. The van der Waals surface area contributed by atoms with Crippen LogP contribution in [0.4, 0.5) is 5.69 Å². The molecule has 0 aliphatic rings. The summed E-state index contributed by atoms with van der Waals surface area (Å²) in [6.45, 7) is 3.08. The smallest absolute Gasteiger partial charge is 0.321 e. The molecule has 0 radical (unpaired) electrons. The molecule has 1 aromatic rings. The van der Waals surface area contributed by atoms with Crippen molar-refractivity contribution in [2.75, 3.05) is 25.9 Å². The first-order valence-corrected chi connectivity index (χ1v) is 7.68. The summed E-state index contributed by atoms with van der Waals surface area (Å²) in [7, 11) is -2.62. The van der Waals surface area contributed by atoms with Crippen molar-refractivity contribution < 1.29 is 17.9 Å². The summed E-state index contributed by atoms with van der Waals surface area (Å²) in [6, 6.07) is 2.71. The van der Waals surface area contributed by atoms with E-state index < -0.39 is 16.0 Å². The maximum absolute atomic E-state index is 12.5. The molecule has 0 aliphatic carbocycles. The first-order chi connectivity index (χ1) is 9.23. The van der Waals surface area contributed by atoms with Crippen molar-refractivity contribution in [1.29, 1.82) is 0 Å². The van der Waals surface area contributed by atoms with Crippen molar-refractivity contribution in [3.8, 4) is 0 Å². The molecule has 0 bridgehead atoms. The second kappa shape index (κ2) is 6.43. The fourth-order valence-corrected chi connectivity index (χ4v) is 3.26. The number of nitrogens with two attached hydrogens (primary N) is 1. The van der Waals surface area contributed by atoms with Gasteiger partial charge in [-0.2, -0.15) is 4.31 Å². The third-order valence-corrected chi connectivity index (χ3v) is 5.19. The zero-order chi connectivity index (χ0) is 15.5. The van der Waals surface area contributed by atoms with Gasteiger partial charge in [0.15, 0.2) is 0 Å². The molecule has 6 nitrogen and oxygen atoms in total. The summed E-state index contributed by atoms with van der Waals surface area (Å²) in [6.07, 6.45) is 0. The number of rotatable bonds is 5. The predicted octanol–water partition coefficient (Wildman–Crippen LogP) is 1.41. The Balaban J connectivity index is 3.24. The molecular weight excluding hydrogens is 304 g/mol. The maximum Gasteiger partial charge on any atom is 0.321 e. The van der Waals surface area contributed by atoms with Gasteiger partial charge in [-0.05, 0) is 24.6 Å². The van der Waals surface area contributed by atoms with E-state index in [0.29, 0.717) is 10.6 Å². The molecule has 112 valence electrons. The molecule has 8 heteroatoms. The summed E-state index contributed by atoms with van der Waals surface area (Å²) in [5, 5.41) is 0.319. The number of likely N-dealkylation sites (N-methyl/N-ethyl adjacent to an activating group) is 1. The van der Waals surface area contributed by atoms with E-state index >= 15 is 0 Å². The van der Waals surface area contributed by atoms with E-state index in [4.69, 9.17) is 17.3 Å². The average Bonchev–Trinajstić information content (AvgIpc) is 2.40. The lowest BCUT2D eigenvalue weighted by molar-refractivity contribution is -0.140. The minimum absolute atomic E-state index is 0.00246. The summed E-state index contributed by atoms with van der Waals surface area (Å²) >= 11 is 5.91. The molecule has 20 heavy (non-hydrogen) atoms. The van der Waals surface area contributed by atoms with Crippen LogP contribution >= 0.6 is 11.6 Å². The third kappa shape index (κ3) is 3.41. The van der Waals surface area contributed by atoms with Crippen LogP contribution in [0.3, 0.4) is 0 Å². The van der Waals surface area contributed by atoms with Gasteiger partial charge >= 0.3 is 5.97 Å². The fourth-order valence-electron chi connectivity index (χ4n) is 1.64. The van der Waals surface area contributed by atoms with Crippen molar-refractivity contribution in [2.24, 2.45) is 0 Å². The number of carbonyl (C=O) groups excluding carboxylic acids is 1. The molecule has 0 saturated heterocycles. The van der Waals surface area contributed by atoms with Gasteiger partial charge in [-0.25, -0.2) is 8.42 Å². The number of methoxy groups -OCH3 is 1. The zero-order valence-electron chi connectivity index (χ0n) is 11.5. The summed E-state index contributed by atoms with van der Waals surface area (Å²) < 4.78 is 30.4. The summed E-state index contributed by atoms with van der Waals surface area (Å²) in [5.74, 6) is -0.630. The van der Waals surface area contributed by atoms with Gasteiger partial charge in [0.25, 0.3) is 0 Å². The average molecular weight is 321 g/mol. The Morgan fingerprint density at radius 2 is 2.05 bits per heavy atom. The molecule has 0 fully saturated rings. The molecule has 0 aliphatic heterocycles. The van der Waals surface area contributed by atoms with Gasteiger partial charge in [-0.15, -0.1) is 0 Å². The van der Waals surface area contributed by atoms with Gasteiger partial charge in [-0.3, -0.25) is 4.79 Å². The molecule has 0 amide bonds. The van der Waals surface area contributed by atoms with Gasteiger partial charge in [0.05, 0.1) is 22.7 Å². The Bertz CT molecular complexity index is 593. The lowest BCUT2D eigenvalue weighted by Crippen LogP contribution is -2.36. The number of benzene rings is 1. The van der Waals surface area contributed by atoms with Crippen LogP contribution in [-0.2, 0) is 19.6 Å². The molecule has 0 unspecified atom stereocenters.